The zero-order valence-electron chi connectivity index (χ0n) is 12.7. The van der Waals surface area contributed by atoms with E-state index in [1.807, 2.05) is 0 Å². The summed E-state index contributed by atoms with van der Waals surface area (Å²) in [7, 11) is 0. The van der Waals surface area contributed by atoms with Crippen LogP contribution in [-0.4, -0.2) is 29.6 Å². The Bertz CT molecular complexity index is 272. The van der Waals surface area contributed by atoms with Crippen molar-refractivity contribution in [2.75, 3.05) is 13.1 Å². The monoisotopic (exact) mass is 252 g/mol. The van der Waals surface area contributed by atoms with Gasteiger partial charge in [-0.3, -0.25) is 4.90 Å². The molecule has 0 aromatic carbocycles. The normalized spacial score (nSPS) is 37.0. The van der Waals surface area contributed by atoms with Gasteiger partial charge in [0.15, 0.2) is 0 Å². The fraction of sp³-hybridized carbons (Fsp3) is 1.00. The third-order valence-corrected chi connectivity index (χ3v) is 5.31. The Morgan fingerprint density at radius 3 is 2.56 bits per heavy atom. The first-order chi connectivity index (χ1) is 8.53. The summed E-state index contributed by atoms with van der Waals surface area (Å²) in [5.74, 6) is 0. The molecule has 1 saturated heterocycles. The van der Waals surface area contributed by atoms with Crippen LogP contribution in [0.15, 0.2) is 0 Å². The van der Waals surface area contributed by atoms with Gasteiger partial charge in [-0.1, -0.05) is 33.6 Å². The Kier molecular flexibility index (Phi) is 4.38. The standard InChI is InChI=1S/C16H32N2/c1-4-7-14-8-5-6-11-18(14)16(13-17)10-9-15(2,3)12-16/h14H,4-13,17H2,1-3H3. The molecule has 0 radical (unpaired) electrons. The van der Waals surface area contributed by atoms with Crippen molar-refractivity contribution in [1.82, 2.24) is 4.90 Å². The summed E-state index contributed by atoms with van der Waals surface area (Å²) in [5, 5.41) is 0. The molecule has 2 nitrogen and oxygen atoms in total. The van der Waals surface area contributed by atoms with Gasteiger partial charge < -0.3 is 5.73 Å². The number of nitrogens with zero attached hydrogens (tertiary/aromatic N) is 1. The summed E-state index contributed by atoms with van der Waals surface area (Å²) in [6, 6.07) is 0.807. The lowest BCUT2D eigenvalue weighted by atomic mass is 9.83. The van der Waals surface area contributed by atoms with Gasteiger partial charge in [0.2, 0.25) is 0 Å². The van der Waals surface area contributed by atoms with Gasteiger partial charge in [-0.2, -0.15) is 0 Å². The molecule has 2 N–H and O–H groups in total. The van der Waals surface area contributed by atoms with Gasteiger partial charge in [-0.25, -0.2) is 0 Å². The maximum absolute atomic E-state index is 6.24. The first-order valence-corrected chi connectivity index (χ1v) is 8.00. The van der Waals surface area contributed by atoms with E-state index in [-0.39, 0.29) is 0 Å². The molecule has 1 aliphatic heterocycles. The van der Waals surface area contributed by atoms with Crippen LogP contribution in [0.25, 0.3) is 0 Å². The highest BCUT2D eigenvalue weighted by Crippen LogP contribution is 2.48. The van der Waals surface area contributed by atoms with Crippen LogP contribution in [0.4, 0.5) is 0 Å². The van der Waals surface area contributed by atoms with E-state index in [2.05, 4.69) is 25.7 Å². The first kappa shape index (κ1) is 14.3. The predicted molar refractivity (Wildman–Crippen MR) is 78.7 cm³/mol. The highest BCUT2D eigenvalue weighted by Gasteiger charge is 2.48. The van der Waals surface area contributed by atoms with Crippen LogP contribution in [0.1, 0.15) is 72.1 Å². The van der Waals surface area contributed by atoms with Crippen molar-refractivity contribution in [2.24, 2.45) is 11.1 Å². The van der Waals surface area contributed by atoms with Gasteiger partial charge in [0.25, 0.3) is 0 Å². The Hall–Kier alpha value is -0.0800. The second kappa shape index (κ2) is 5.50. The second-order valence-corrected chi connectivity index (χ2v) is 7.40. The van der Waals surface area contributed by atoms with Crippen LogP contribution in [0, 0.1) is 5.41 Å². The van der Waals surface area contributed by atoms with Crippen molar-refractivity contribution in [1.29, 1.82) is 0 Å². The molecule has 2 fully saturated rings. The van der Waals surface area contributed by atoms with Crippen LogP contribution in [0.3, 0.4) is 0 Å². The largest absolute Gasteiger partial charge is 0.329 e. The molecule has 2 heteroatoms. The fourth-order valence-corrected chi connectivity index (χ4v) is 4.43. The second-order valence-electron chi connectivity index (χ2n) is 7.40. The first-order valence-electron chi connectivity index (χ1n) is 8.00. The van der Waals surface area contributed by atoms with Crippen molar-refractivity contribution < 1.29 is 0 Å². The lowest BCUT2D eigenvalue weighted by molar-refractivity contribution is 0.0155. The van der Waals surface area contributed by atoms with Gasteiger partial charge in [0.05, 0.1) is 0 Å². The quantitative estimate of drug-likeness (QED) is 0.829. The van der Waals surface area contributed by atoms with Crippen molar-refractivity contribution in [2.45, 2.75) is 83.7 Å². The van der Waals surface area contributed by atoms with Gasteiger partial charge in [0, 0.05) is 18.1 Å². The lowest BCUT2D eigenvalue weighted by Crippen LogP contribution is -2.58. The van der Waals surface area contributed by atoms with E-state index in [9.17, 15) is 0 Å². The van der Waals surface area contributed by atoms with E-state index in [0.29, 0.717) is 11.0 Å². The zero-order chi connectivity index (χ0) is 13.2. The molecule has 0 aromatic heterocycles. The van der Waals surface area contributed by atoms with Crippen molar-refractivity contribution in [3.63, 3.8) is 0 Å². The van der Waals surface area contributed by atoms with Crippen molar-refractivity contribution in [3.05, 3.63) is 0 Å². The maximum atomic E-state index is 6.24. The topological polar surface area (TPSA) is 29.3 Å². The summed E-state index contributed by atoms with van der Waals surface area (Å²) in [5.41, 5.74) is 7.05. The molecule has 1 aliphatic carbocycles. The van der Waals surface area contributed by atoms with E-state index in [0.717, 1.165) is 12.6 Å². The molecule has 2 aliphatic rings. The molecule has 0 spiro atoms. The van der Waals surface area contributed by atoms with Crippen LogP contribution in [-0.2, 0) is 0 Å². The minimum absolute atomic E-state index is 0.323. The number of nitrogens with two attached hydrogens (primary N) is 1. The number of hydrogen-bond acceptors (Lipinski definition) is 2. The third-order valence-electron chi connectivity index (χ3n) is 5.31. The predicted octanol–water partition coefficient (Wildman–Crippen LogP) is 3.55. The SMILES string of the molecule is CCCC1CCCCN1C1(CN)CCC(C)(C)C1. The van der Waals surface area contributed by atoms with E-state index in [1.165, 1.54) is 57.9 Å². The Balaban J connectivity index is 2.15. The van der Waals surface area contributed by atoms with E-state index in [4.69, 9.17) is 5.73 Å². The van der Waals surface area contributed by atoms with Gasteiger partial charge in [0.1, 0.15) is 0 Å². The molecular weight excluding hydrogens is 220 g/mol. The Labute approximate surface area is 113 Å². The number of piperidine rings is 1. The fourth-order valence-electron chi connectivity index (χ4n) is 4.43. The summed E-state index contributed by atoms with van der Waals surface area (Å²) < 4.78 is 0. The molecule has 18 heavy (non-hydrogen) atoms. The Morgan fingerprint density at radius 2 is 2.00 bits per heavy atom. The van der Waals surface area contributed by atoms with E-state index < -0.39 is 0 Å². The van der Waals surface area contributed by atoms with Gasteiger partial charge in [-0.05, 0) is 50.5 Å². The lowest BCUT2D eigenvalue weighted by Gasteiger charge is -2.48. The summed E-state index contributed by atoms with van der Waals surface area (Å²) in [6.45, 7) is 9.31. The summed E-state index contributed by atoms with van der Waals surface area (Å²) in [4.78, 5) is 2.83. The minimum atomic E-state index is 0.323. The number of rotatable bonds is 4. The summed E-state index contributed by atoms with van der Waals surface area (Å²) >= 11 is 0. The highest BCUT2D eigenvalue weighted by molar-refractivity contribution is 5.04. The smallest absolute Gasteiger partial charge is 0.0339 e. The molecule has 2 rings (SSSR count). The molecule has 0 amide bonds. The molecule has 1 heterocycles. The van der Waals surface area contributed by atoms with Crippen LogP contribution in [0.2, 0.25) is 0 Å². The number of likely N-dealkylation sites (tertiary alicyclic amines) is 1. The minimum Gasteiger partial charge on any atom is -0.329 e. The van der Waals surface area contributed by atoms with Crippen molar-refractivity contribution >= 4 is 0 Å². The summed E-state index contributed by atoms with van der Waals surface area (Å²) in [6.07, 6.45) is 10.8. The van der Waals surface area contributed by atoms with Gasteiger partial charge in [-0.15, -0.1) is 0 Å². The highest BCUT2D eigenvalue weighted by atomic mass is 15.2. The molecule has 0 aromatic rings. The van der Waals surface area contributed by atoms with Crippen LogP contribution >= 0.6 is 0 Å². The maximum Gasteiger partial charge on any atom is 0.0339 e. The number of hydrogen-bond donors (Lipinski definition) is 1. The van der Waals surface area contributed by atoms with E-state index in [1.54, 1.807) is 0 Å². The average Bonchev–Trinajstić information content (AvgIpc) is 2.67. The van der Waals surface area contributed by atoms with E-state index >= 15 is 0 Å². The third kappa shape index (κ3) is 2.75. The molecule has 0 bridgehead atoms. The van der Waals surface area contributed by atoms with Crippen LogP contribution in [0.5, 0.6) is 0 Å². The average molecular weight is 252 g/mol. The van der Waals surface area contributed by atoms with Crippen molar-refractivity contribution in [3.8, 4) is 0 Å². The molecule has 2 unspecified atom stereocenters. The molecular formula is C16H32N2. The molecule has 1 saturated carbocycles. The zero-order valence-corrected chi connectivity index (χ0v) is 12.7. The van der Waals surface area contributed by atoms with Gasteiger partial charge >= 0.3 is 0 Å². The molecule has 106 valence electrons. The Morgan fingerprint density at radius 1 is 1.22 bits per heavy atom. The van der Waals surface area contributed by atoms with Crippen LogP contribution < -0.4 is 5.73 Å². The molecule has 2 atom stereocenters.